The van der Waals surface area contributed by atoms with E-state index in [4.69, 9.17) is 5.11 Å². The van der Waals surface area contributed by atoms with Crippen molar-refractivity contribution in [1.82, 2.24) is 0 Å². The first kappa shape index (κ1) is 19.2. The monoisotopic (exact) mass is 337 g/mol. The lowest BCUT2D eigenvalue weighted by molar-refractivity contribution is -0.138. The number of nitrogens with one attached hydrogen (secondary N) is 1. The summed E-state index contributed by atoms with van der Waals surface area (Å²) in [6, 6.07) is 6.65. The lowest BCUT2D eigenvalue weighted by atomic mass is 10.0. The summed E-state index contributed by atoms with van der Waals surface area (Å²) in [5, 5.41) is 11.1. The molecular formula is C17H23NO4S. The number of hydrogen-bond donors (Lipinski definition) is 2. The number of aliphatic carboxylic acids is 1. The number of Topliss-reactive ketones (excluding diaryl/α,β-unsaturated/α-hetero) is 1. The Morgan fingerprint density at radius 1 is 1.09 bits per heavy atom. The molecule has 1 unspecified atom stereocenters. The number of anilines is 1. The molecule has 1 aromatic carbocycles. The average Bonchev–Trinajstić information content (AvgIpc) is 2.45. The number of thioether (sulfide) groups is 1. The molecule has 0 aliphatic rings. The Kier molecular flexibility index (Phi) is 7.29. The van der Waals surface area contributed by atoms with Gasteiger partial charge in [0.25, 0.3) is 0 Å². The molecule has 6 heteroatoms. The van der Waals surface area contributed by atoms with Gasteiger partial charge in [0.1, 0.15) is 0 Å². The maximum atomic E-state index is 12.2. The number of carbonyl (C=O) groups is 3. The van der Waals surface area contributed by atoms with Crippen LogP contribution in [0.25, 0.3) is 0 Å². The predicted molar refractivity (Wildman–Crippen MR) is 93.0 cm³/mol. The second kappa shape index (κ2) is 8.72. The molecule has 0 saturated carbocycles. The molecule has 0 aromatic heterocycles. The van der Waals surface area contributed by atoms with E-state index in [9.17, 15) is 14.4 Å². The summed E-state index contributed by atoms with van der Waals surface area (Å²) in [6.07, 6.45) is -0.224. The van der Waals surface area contributed by atoms with Crippen molar-refractivity contribution in [2.45, 2.75) is 44.6 Å². The predicted octanol–water partition coefficient (Wildman–Crippen LogP) is 3.45. The molecule has 0 bridgehead atoms. The maximum Gasteiger partial charge on any atom is 0.305 e. The number of hydrogen-bond acceptors (Lipinski definition) is 4. The summed E-state index contributed by atoms with van der Waals surface area (Å²) < 4.78 is 0. The van der Waals surface area contributed by atoms with Crippen LogP contribution in [0.5, 0.6) is 0 Å². The van der Waals surface area contributed by atoms with Crippen LogP contribution in [0.3, 0.4) is 0 Å². The summed E-state index contributed by atoms with van der Waals surface area (Å²) >= 11 is 1.32. The Bertz CT molecular complexity index is 566. The smallest absolute Gasteiger partial charge is 0.305 e. The molecular weight excluding hydrogens is 314 g/mol. The van der Waals surface area contributed by atoms with E-state index in [1.165, 1.54) is 11.8 Å². The van der Waals surface area contributed by atoms with Gasteiger partial charge in [-0.05, 0) is 29.5 Å². The van der Waals surface area contributed by atoms with Crippen molar-refractivity contribution in [2.24, 2.45) is 5.92 Å². The van der Waals surface area contributed by atoms with Gasteiger partial charge in [0.2, 0.25) is 5.91 Å². The lowest BCUT2D eigenvalue weighted by Crippen LogP contribution is -2.28. The van der Waals surface area contributed by atoms with E-state index in [2.05, 4.69) is 5.32 Å². The summed E-state index contributed by atoms with van der Waals surface area (Å²) in [5.74, 6) is -1.38. The van der Waals surface area contributed by atoms with E-state index >= 15 is 0 Å². The number of ketones is 1. The normalized spacial score (nSPS) is 12.3. The van der Waals surface area contributed by atoms with Crippen LogP contribution in [-0.2, 0) is 9.59 Å². The molecule has 0 spiro atoms. The molecule has 0 saturated heterocycles. The van der Waals surface area contributed by atoms with Crippen molar-refractivity contribution in [3.05, 3.63) is 29.8 Å². The van der Waals surface area contributed by atoms with Crippen LogP contribution in [0.15, 0.2) is 24.3 Å². The Hall–Kier alpha value is -1.82. The number of carboxylic acid groups (broad SMARTS) is 1. The van der Waals surface area contributed by atoms with Crippen molar-refractivity contribution in [3.8, 4) is 0 Å². The van der Waals surface area contributed by atoms with E-state index in [-0.39, 0.29) is 29.3 Å². The molecule has 0 aliphatic carbocycles. The van der Waals surface area contributed by atoms with E-state index in [1.807, 2.05) is 27.7 Å². The van der Waals surface area contributed by atoms with E-state index in [0.717, 1.165) is 0 Å². The maximum absolute atomic E-state index is 12.2. The number of carbonyl (C=O) groups excluding carboxylic acids is 2. The first-order chi connectivity index (χ1) is 10.7. The Labute approximate surface area is 140 Å². The van der Waals surface area contributed by atoms with Crippen molar-refractivity contribution in [3.63, 3.8) is 0 Å². The highest BCUT2D eigenvalue weighted by Crippen LogP contribution is 2.22. The fraction of sp³-hybridized carbons (Fsp3) is 0.471. The highest BCUT2D eigenvalue weighted by atomic mass is 32.2. The molecule has 1 rings (SSSR count). The first-order valence-electron chi connectivity index (χ1n) is 7.53. The molecule has 5 nitrogen and oxygen atoms in total. The van der Waals surface area contributed by atoms with Crippen LogP contribution in [0, 0.1) is 5.92 Å². The van der Waals surface area contributed by atoms with Gasteiger partial charge in [-0.1, -0.05) is 27.7 Å². The zero-order valence-electron chi connectivity index (χ0n) is 13.8. The molecule has 0 radical (unpaired) electrons. The minimum Gasteiger partial charge on any atom is -0.481 e. The van der Waals surface area contributed by atoms with Crippen LogP contribution in [0.2, 0.25) is 0 Å². The van der Waals surface area contributed by atoms with Crippen LogP contribution < -0.4 is 5.32 Å². The van der Waals surface area contributed by atoms with E-state index < -0.39 is 11.2 Å². The Morgan fingerprint density at radius 2 is 1.65 bits per heavy atom. The molecule has 0 fully saturated rings. The van der Waals surface area contributed by atoms with E-state index in [1.54, 1.807) is 24.3 Å². The lowest BCUT2D eigenvalue weighted by Gasteiger charge is -2.17. The van der Waals surface area contributed by atoms with Gasteiger partial charge < -0.3 is 10.4 Å². The number of rotatable bonds is 8. The highest BCUT2D eigenvalue weighted by molar-refractivity contribution is 8.01. The van der Waals surface area contributed by atoms with Gasteiger partial charge in [-0.25, -0.2) is 0 Å². The third-order valence-corrected chi connectivity index (χ3v) is 4.30. The third kappa shape index (κ3) is 6.44. The van der Waals surface area contributed by atoms with E-state index in [0.29, 0.717) is 11.3 Å². The zero-order valence-corrected chi connectivity index (χ0v) is 14.6. The van der Waals surface area contributed by atoms with Crippen molar-refractivity contribution >= 4 is 35.1 Å². The fourth-order valence-corrected chi connectivity index (χ4v) is 3.04. The Morgan fingerprint density at radius 3 is 2.09 bits per heavy atom. The van der Waals surface area contributed by atoms with Gasteiger partial charge in [-0.15, -0.1) is 11.8 Å². The Balaban J connectivity index is 2.78. The quantitative estimate of drug-likeness (QED) is 0.710. The average molecular weight is 337 g/mol. The summed E-state index contributed by atoms with van der Waals surface area (Å²) in [5.41, 5.74) is 1.15. The fourth-order valence-electron chi connectivity index (χ4n) is 1.96. The van der Waals surface area contributed by atoms with Crippen LogP contribution >= 0.6 is 11.8 Å². The largest absolute Gasteiger partial charge is 0.481 e. The van der Waals surface area contributed by atoms with Crippen molar-refractivity contribution in [2.75, 3.05) is 5.32 Å². The SMILES string of the molecule is CC(C)SC(CC(=O)O)C(=O)Nc1ccc(C(=O)C(C)C)cc1. The molecule has 0 heterocycles. The van der Waals surface area contributed by atoms with Gasteiger partial charge in [0, 0.05) is 17.2 Å². The number of benzene rings is 1. The highest BCUT2D eigenvalue weighted by Gasteiger charge is 2.23. The molecule has 1 atom stereocenters. The molecule has 2 N–H and O–H groups in total. The summed E-state index contributed by atoms with van der Waals surface area (Å²) in [6.45, 7) is 7.49. The molecule has 126 valence electrons. The third-order valence-electron chi connectivity index (χ3n) is 3.05. The summed E-state index contributed by atoms with van der Waals surface area (Å²) in [4.78, 5) is 35.0. The van der Waals surface area contributed by atoms with Crippen LogP contribution in [-0.4, -0.2) is 33.3 Å². The molecule has 0 aliphatic heterocycles. The first-order valence-corrected chi connectivity index (χ1v) is 8.47. The van der Waals surface area contributed by atoms with Gasteiger partial charge in [0.15, 0.2) is 5.78 Å². The van der Waals surface area contributed by atoms with Crippen LogP contribution in [0.1, 0.15) is 44.5 Å². The second-order valence-electron chi connectivity index (χ2n) is 5.86. The molecule has 23 heavy (non-hydrogen) atoms. The minimum absolute atomic E-state index is 0.0435. The van der Waals surface area contributed by atoms with Crippen molar-refractivity contribution in [1.29, 1.82) is 0 Å². The van der Waals surface area contributed by atoms with Gasteiger partial charge in [-0.2, -0.15) is 0 Å². The topological polar surface area (TPSA) is 83.5 Å². The number of carboxylic acids is 1. The minimum atomic E-state index is -1.00. The second-order valence-corrected chi connectivity index (χ2v) is 7.64. The van der Waals surface area contributed by atoms with Crippen LogP contribution in [0.4, 0.5) is 5.69 Å². The standard InChI is InChI=1S/C17H23NO4S/c1-10(2)16(21)12-5-7-13(8-6-12)18-17(22)14(9-15(19)20)23-11(3)4/h5-8,10-11,14H,9H2,1-4H3,(H,18,22)(H,19,20). The summed E-state index contributed by atoms with van der Waals surface area (Å²) in [7, 11) is 0. The molecule has 1 amide bonds. The van der Waals surface area contributed by atoms with Gasteiger partial charge in [0.05, 0.1) is 11.7 Å². The molecule has 1 aromatic rings. The van der Waals surface area contributed by atoms with Gasteiger partial charge in [-0.3, -0.25) is 14.4 Å². The zero-order chi connectivity index (χ0) is 17.6. The number of amides is 1. The van der Waals surface area contributed by atoms with Crippen molar-refractivity contribution < 1.29 is 19.5 Å². The van der Waals surface area contributed by atoms with Gasteiger partial charge >= 0.3 is 5.97 Å².